The molecule has 12 aromatic rings. The predicted molar refractivity (Wildman–Crippen MR) is 258 cm³/mol. The van der Waals surface area contributed by atoms with E-state index in [2.05, 4.69) is 181 Å². The lowest BCUT2D eigenvalue weighted by molar-refractivity contribution is 1.04. The monoisotopic (exact) mass is 825 g/mol. The Labute approximate surface area is 365 Å². The van der Waals surface area contributed by atoms with Gasteiger partial charge in [-0.3, -0.25) is 8.97 Å². The van der Waals surface area contributed by atoms with E-state index in [9.17, 15) is 0 Å². The van der Waals surface area contributed by atoms with Gasteiger partial charge in [-0.1, -0.05) is 109 Å². The van der Waals surface area contributed by atoms with Crippen molar-refractivity contribution < 1.29 is 0 Å². The fraction of sp³-hybridized carbons (Fsp3) is 0. The van der Waals surface area contributed by atoms with Gasteiger partial charge in [-0.2, -0.15) is 9.97 Å². The van der Waals surface area contributed by atoms with Gasteiger partial charge in [0.15, 0.2) is 11.6 Å². The lowest BCUT2D eigenvalue weighted by atomic mass is 9.87. The molecule has 0 spiro atoms. The molecule has 0 fully saturated rings. The van der Waals surface area contributed by atoms with E-state index in [-0.39, 0.29) is 7.12 Å². The number of thiophene rings is 1. The summed E-state index contributed by atoms with van der Waals surface area (Å²) in [6, 6.07) is 68.3. The van der Waals surface area contributed by atoms with E-state index in [1.54, 1.807) is 0 Å². The highest BCUT2D eigenvalue weighted by Gasteiger charge is 2.54. The Balaban J connectivity index is 0.965. The quantitative estimate of drug-likeness (QED) is 0.160. The minimum atomic E-state index is -0.346. The molecule has 0 saturated heterocycles. The van der Waals surface area contributed by atoms with Crippen LogP contribution in [0.25, 0.3) is 76.5 Å². The zero-order valence-electron chi connectivity index (χ0n) is 33.5. The fourth-order valence-electron chi connectivity index (χ4n) is 9.75. The number of nitrogens with zero attached hydrogens (tertiary/aromatic N) is 9. The molecule has 0 bridgehead atoms. The van der Waals surface area contributed by atoms with Gasteiger partial charge >= 0.3 is 7.12 Å². The Morgan fingerprint density at radius 1 is 0.397 bits per heavy atom. The molecule has 8 aromatic carbocycles. The van der Waals surface area contributed by atoms with Gasteiger partial charge < -0.3 is 14.4 Å². The Hall–Kier alpha value is -8.28. The molecule has 0 N–H and O–H groups in total. The zero-order chi connectivity index (χ0) is 41.2. The number of hydrogen-bond acceptors (Lipinski definition) is 8. The second kappa shape index (κ2) is 13.1. The third-order valence-electron chi connectivity index (χ3n) is 12.5. The standard InChI is InChI=1S/C52H32BN9S/c1-3-15-33(16-4-1)49-55-50(34-17-5-2-6-18-34)57-51(56-49)62-46-26-14-13-25-45(46)61-44-24-12-11-23-43(44)60(53(61)62)36-28-30-48-38(32-36)37-31-35(27-29-47(37)63-48)58-41-21-9-10-22-42(41)59-40-20-8-7-19-39(40)54-52(58)59/h1-32H. The number of benzene rings is 8. The summed E-state index contributed by atoms with van der Waals surface area (Å²) in [5.74, 6) is 2.71. The van der Waals surface area contributed by atoms with Crippen LogP contribution in [0.1, 0.15) is 0 Å². The Kier molecular flexibility index (Phi) is 7.17. The van der Waals surface area contributed by atoms with Gasteiger partial charge in [-0.25, -0.2) is 9.97 Å². The number of rotatable bonds is 5. The van der Waals surface area contributed by atoms with Gasteiger partial charge in [0.25, 0.3) is 0 Å². The van der Waals surface area contributed by atoms with Crippen LogP contribution < -0.4 is 14.4 Å². The highest BCUT2D eigenvalue weighted by atomic mass is 32.1. The summed E-state index contributed by atoms with van der Waals surface area (Å²) in [4.78, 5) is 27.9. The van der Waals surface area contributed by atoms with Gasteiger partial charge in [0.05, 0.1) is 44.8 Å². The molecule has 14 rings (SSSR count). The van der Waals surface area contributed by atoms with Crippen LogP contribution in [0.4, 0.5) is 34.4 Å². The normalized spacial score (nSPS) is 13.3. The molecule has 2 aliphatic heterocycles. The molecule has 63 heavy (non-hydrogen) atoms. The maximum Gasteiger partial charge on any atom is 0.521 e. The highest BCUT2D eigenvalue weighted by molar-refractivity contribution is 7.25. The van der Waals surface area contributed by atoms with Crippen molar-refractivity contribution in [2.45, 2.75) is 0 Å². The molecule has 6 heterocycles. The van der Waals surface area contributed by atoms with Crippen LogP contribution in [0.5, 0.6) is 0 Å². The summed E-state index contributed by atoms with van der Waals surface area (Å²) >= 11 is 1.82. The number of imidazole rings is 2. The molecule has 0 saturated carbocycles. The Bertz CT molecular complexity index is 3750. The molecule has 2 aliphatic rings. The largest absolute Gasteiger partial charge is 0.521 e. The molecule has 0 unspecified atom stereocenters. The van der Waals surface area contributed by atoms with E-state index in [0.717, 1.165) is 73.1 Å². The van der Waals surface area contributed by atoms with Crippen molar-refractivity contribution in [1.29, 1.82) is 0 Å². The predicted octanol–water partition coefficient (Wildman–Crippen LogP) is 12.7. The summed E-state index contributed by atoms with van der Waals surface area (Å²) in [6.45, 7) is 0. The van der Waals surface area contributed by atoms with Crippen LogP contribution in [0, 0.1) is 0 Å². The Morgan fingerprint density at radius 3 is 1.56 bits per heavy atom. The van der Waals surface area contributed by atoms with Gasteiger partial charge in [0.2, 0.25) is 11.7 Å². The molecule has 11 heteroatoms. The zero-order valence-corrected chi connectivity index (χ0v) is 34.3. The maximum atomic E-state index is 5.28. The van der Waals surface area contributed by atoms with Gasteiger partial charge in [-0.15, -0.1) is 11.3 Å². The molecule has 294 valence electrons. The van der Waals surface area contributed by atoms with Crippen molar-refractivity contribution >= 4 is 101 Å². The Morgan fingerprint density at radius 2 is 0.905 bits per heavy atom. The average molecular weight is 826 g/mol. The molecule has 0 aliphatic carbocycles. The van der Waals surface area contributed by atoms with Crippen LogP contribution >= 0.6 is 11.3 Å². The number of fused-ring (bicyclic) bond motifs is 13. The summed E-state index contributed by atoms with van der Waals surface area (Å²) in [7, 11) is -0.346. The topological polar surface area (TPSA) is 70.6 Å². The third kappa shape index (κ3) is 4.99. The maximum absolute atomic E-state index is 5.28. The van der Waals surface area contributed by atoms with E-state index >= 15 is 0 Å². The summed E-state index contributed by atoms with van der Waals surface area (Å²) < 4.78 is 7.04. The van der Waals surface area contributed by atoms with Gasteiger partial charge in [-0.05, 0) is 84.9 Å². The summed E-state index contributed by atoms with van der Waals surface area (Å²) in [6.07, 6.45) is 0. The van der Waals surface area contributed by atoms with E-state index in [1.807, 2.05) is 47.7 Å². The first-order valence-corrected chi connectivity index (χ1v) is 21.8. The van der Waals surface area contributed by atoms with Crippen molar-refractivity contribution in [2.75, 3.05) is 14.4 Å². The van der Waals surface area contributed by atoms with E-state index in [0.29, 0.717) is 17.6 Å². The summed E-state index contributed by atoms with van der Waals surface area (Å²) in [5.41, 5.74) is 12.7. The first-order chi connectivity index (χ1) is 31.2. The molecule has 0 atom stereocenters. The number of anilines is 6. The van der Waals surface area contributed by atoms with Crippen LogP contribution in [0.3, 0.4) is 0 Å². The number of aromatic nitrogens is 6. The van der Waals surface area contributed by atoms with Crippen LogP contribution in [-0.2, 0) is 0 Å². The average Bonchev–Trinajstić information content (AvgIpc) is 4.15. The lowest BCUT2D eigenvalue weighted by Gasteiger charge is -2.30. The number of para-hydroxylation sites is 8. The van der Waals surface area contributed by atoms with Crippen molar-refractivity contribution in [3.63, 3.8) is 0 Å². The second-order valence-electron chi connectivity index (χ2n) is 16.0. The van der Waals surface area contributed by atoms with Crippen molar-refractivity contribution in [2.24, 2.45) is 0 Å². The molecule has 0 amide bonds. The molecule has 0 radical (unpaired) electrons. The SMILES string of the molecule is c1ccc(-c2nc(-c3ccccc3)nc(N3B4N(c5ccc6sc7ccc(-n8c9ccccc9n9c%10ccccc%10nc89)cc7c6c5)c5ccccc5N4c4ccccc43)n2)cc1. The smallest absolute Gasteiger partial charge is 0.343 e. The van der Waals surface area contributed by atoms with Crippen LogP contribution in [-0.4, -0.2) is 36.0 Å². The van der Waals surface area contributed by atoms with Crippen molar-refractivity contribution in [3.05, 3.63) is 194 Å². The number of hydrogen-bond donors (Lipinski definition) is 0. The molecule has 9 nitrogen and oxygen atoms in total. The van der Waals surface area contributed by atoms with Crippen LogP contribution in [0.15, 0.2) is 194 Å². The van der Waals surface area contributed by atoms with E-state index < -0.39 is 0 Å². The molecular weight excluding hydrogens is 794 g/mol. The first kappa shape index (κ1) is 34.4. The van der Waals surface area contributed by atoms with Gasteiger partial charge in [0.1, 0.15) is 0 Å². The van der Waals surface area contributed by atoms with E-state index in [4.69, 9.17) is 19.9 Å². The minimum Gasteiger partial charge on any atom is -0.343 e. The lowest BCUT2D eigenvalue weighted by Crippen LogP contribution is -2.52. The van der Waals surface area contributed by atoms with Gasteiger partial charge in [0, 0.05) is 42.7 Å². The van der Waals surface area contributed by atoms with E-state index in [1.165, 1.54) is 20.2 Å². The first-order valence-electron chi connectivity index (χ1n) is 21.0. The van der Waals surface area contributed by atoms with Crippen molar-refractivity contribution in [1.82, 2.24) is 28.9 Å². The van der Waals surface area contributed by atoms with Crippen LogP contribution in [0.2, 0.25) is 0 Å². The highest BCUT2D eigenvalue weighted by Crippen LogP contribution is 2.56. The second-order valence-corrected chi connectivity index (χ2v) is 17.1. The minimum absolute atomic E-state index is 0.346. The molecular formula is C52H32BN9S. The molecule has 4 aromatic heterocycles. The fourth-order valence-corrected chi connectivity index (χ4v) is 10.8. The summed E-state index contributed by atoms with van der Waals surface area (Å²) in [5, 5.41) is 2.40. The van der Waals surface area contributed by atoms with Crippen molar-refractivity contribution in [3.8, 4) is 28.5 Å². The third-order valence-corrected chi connectivity index (χ3v) is 13.6.